The van der Waals surface area contributed by atoms with Gasteiger partial charge in [0.15, 0.2) is 0 Å². The standard InChI is InChI=1S/C19H20N2O2S/c1-12-6-5-8-16-14(12)10-11-21(16)19(23)15-7-3-4-9-17(15)24-13(2)18(20)22/h3-9,13H,10-11H2,1-2H3,(H2,20,22)/t13-/m1/s1. The first-order chi connectivity index (χ1) is 11.5. The van der Waals surface area contributed by atoms with E-state index in [4.69, 9.17) is 5.73 Å². The number of thioether (sulfide) groups is 1. The van der Waals surface area contributed by atoms with Gasteiger partial charge in [0.2, 0.25) is 5.91 Å². The predicted octanol–water partition coefficient (Wildman–Crippen LogP) is 3.16. The van der Waals surface area contributed by atoms with Crippen LogP contribution in [0.5, 0.6) is 0 Å². The molecule has 0 saturated heterocycles. The normalized spacial score (nSPS) is 14.3. The van der Waals surface area contributed by atoms with Crippen LogP contribution in [0.1, 0.15) is 28.4 Å². The van der Waals surface area contributed by atoms with Gasteiger partial charge in [0, 0.05) is 17.1 Å². The second kappa shape index (κ2) is 6.69. The van der Waals surface area contributed by atoms with Crippen LogP contribution in [0.4, 0.5) is 5.69 Å². The predicted molar refractivity (Wildman–Crippen MR) is 97.5 cm³/mol. The van der Waals surface area contributed by atoms with Gasteiger partial charge in [0.05, 0.1) is 10.8 Å². The molecule has 4 nitrogen and oxygen atoms in total. The summed E-state index contributed by atoms with van der Waals surface area (Å²) in [6, 6.07) is 13.4. The van der Waals surface area contributed by atoms with Gasteiger partial charge in [0.1, 0.15) is 0 Å². The number of carbonyl (C=O) groups is 2. The van der Waals surface area contributed by atoms with E-state index < -0.39 is 0 Å². The molecule has 1 heterocycles. The molecule has 24 heavy (non-hydrogen) atoms. The fourth-order valence-electron chi connectivity index (χ4n) is 2.96. The van der Waals surface area contributed by atoms with Crippen LogP contribution in [0.2, 0.25) is 0 Å². The van der Waals surface area contributed by atoms with Crippen molar-refractivity contribution in [3.05, 3.63) is 59.2 Å². The summed E-state index contributed by atoms with van der Waals surface area (Å²) in [6.07, 6.45) is 0.876. The van der Waals surface area contributed by atoms with Crippen molar-refractivity contribution in [1.82, 2.24) is 0 Å². The number of amides is 2. The minimum Gasteiger partial charge on any atom is -0.369 e. The largest absolute Gasteiger partial charge is 0.369 e. The monoisotopic (exact) mass is 340 g/mol. The Morgan fingerprint density at radius 1 is 1.17 bits per heavy atom. The van der Waals surface area contributed by atoms with Crippen molar-refractivity contribution in [2.45, 2.75) is 30.4 Å². The van der Waals surface area contributed by atoms with Crippen LogP contribution in [0.15, 0.2) is 47.4 Å². The molecule has 0 aliphatic carbocycles. The highest BCUT2D eigenvalue weighted by molar-refractivity contribution is 8.00. The molecular formula is C19H20N2O2S. The number of aryl methyl sites for hydroxylation is 1. The quantitative estimate of drug-likeness (QED) is 0.870. The van der Waals surface area contributed by atoms with Gasteiger partial charge in [-0.25, -0.2) is 0 Å². The third-order valence-electron chi connectivity index (χ3n) is 4.33. The van der Waals surface area contributed by atoms with Crippen LogP contribution < -0.4 is 10.6 Å². The van der Waals surface area contributed by atoms with Crippen molar-refractivity contribution in [1.29, 1.82) is 0 Å². The third-order valence-corrected chi connectivity index (χ3v) is 5.52. The SMILES string of the molecule is Cc1cccc2c1CCN2C(=O)c1ccccc1S[C@H](C)C(N)=O. The molecule has 2 aromatic carbocycles. The Bertz CT molecular complexity index is 804. The molecule has 2 aromatic rings. The van der Waals surface area contributed by atoms with Gasteiger partial charge in [-0.05, 0) is 49.6 Å². The summed E-state index contributed by atoms with van der Waals surface area (Å²) in [5.41, 5.74) is 9.41. The van der Waals surface area contributed by atoms with Crippen LogP contribution in [-0.2, 0) is 11.2 Å². The number of fused-ring (bicyclic) bond motifs is 1. The molecule has 0 radical (unpaired) electrons. The summed E-state index contributed by atoms with van der Waals surface area (Å²) in [5.74, 6) is -0.413. The molecule has 1 aliphatic heterocycles. The van der Waals surface area contributed by atoms with E-state index in [0.29, 0.717) is 12.1 Å². The number of carbonyl (C=O) groups excluding carboxylic acids is 2. The summed E-state index contributed by atoms with van der Waals surface area (Å²) in [5, 5.41) is -0.382. The lowest BCUT2D eigenvalue weighted by molar-refractivity contribution is -0.117. The molecule has 1 atom stereocenters. The van der Waals surface area contributed by atoms with Crippen molar-refractivity contribution in [3.8, 4) is 0 Å². The second-order valence-corrected chi connectivity index (χ2v) is 7.32. The average molecular weight is 340 g/mol. The topological polar surface area (TPSA) is 63.4 Å². The first-order valence-corrected chi connectivity index (χ1v) is 8.82. The maximum Gasteiger partial charge on any atom is 0.259 e. The van der Waals surface area contributed by atoms with Gasteiger partial charge in [-0.2, -0.15) is 0 Å². The lowest BCUT2D eigenvalue weighted by Crippen LogP contribution is -2.29. The van der Waals surface area contributed by atoms with Gasteiger partial charge in [-0.3, -0.25) is 9.59 Å². The lowest BCUT2D eigenvalue weighted by Gasteiger charge is -2.20. The first kappa shape index (κ1) is 16.6. The third kappa shape index (κ3) is 3.04. The van der Waals surface area contributed by atoms with E-state index in [0.717, 1.165) is 17.0 Å². The average Bonchev–Trinajstić information content (AvgIpc) is 3.00. The second-order valence-electron chi connectivity index (χ2n) is 5.94. The molecule has 0 aromatic heterocycles. The Morgan fingerprint density at radius 2 is 1.92 bits per heavy atom. The molecule has 1 aliphatic rings. The maximum atomic E-state index is 13.1. The Labute approximate surface area is 146 Å². The zero-order chi connectivity index (χ0) is 17.3. The van der Waals surface area contributed by atoms with E-state index in [9.17, 15) is 9.59 Å². The summed E-state index contributed by atoms with van der Waals surface area (Å²) >= 11 is 1.33. The Hall–Kier alpha value is -2.27. The minimum absolute atomic E-state index is 0.0286. The van der Waals surface area contributed by atoms with Gasteiger partial charge in [0.25, 0.3) is 5.91 Å². The highest BCUT2D eigenvalue weighted by Crippen LogP contribution is 2.34. The number of rotatable bonds is 4. The van der Waals surface area contributed by atoms with Crippen LogP contribution in [0.3, 0.4) is 0 Å². The van der Waals surface area contributed by atoms with E-state index in [2.05, 4.69) is 13.0 Å². The van der Waals surface area contributed by atoms with E-state index in [1.54, 1.807) is 6.92 Å². The summed E-state index contributed by atoms with van der Waals surface area (Å²) in [4.78, 5) is 27.1. The highest BCUT2D eigenvalue weighted by atomic mass is 32.2. The molecule has 0 saturated carbocycles. The number of hydrogen-bond donors (Lipinski definition) is 1. The van der Waals surface area contributed by atoms with Gasteiger partial charge >= 0.3 is 0 Å². The smallest absolute Gasteiger partial charge is 0.259 e. The van der Waals surface area contributed by atoms with Gasteiger partial charge in [-0.15, -0.1) is 11.8 Å². The molecule has 3 rings (SSSR count). The number of nitrogens with zero attached hydrogens (tertiary/aromatic N) is 1. The fourth-order valence-corrected chi connectivity index (χ4v) is 3.90. The Kier molecular flexibility index (Phi) is 4.62. The molecule has 2 amide bonds. The Morgan fingerprint density at radius 3 is 2.67 bits per heavy atom. The first-order valence-electron chi connectivity index (χ1n) is 7.94. The summed E-state index contributed by atoms with van der Waals surface area (Å²) < 4.78 is 0. The van der Waals surface area contributed by atoms with Crippen molar-refractivity contribution < 1.29 is 9.59 Å². The number of primary amides is 1. The molecular weight excluding hydrogens is 320 g/mol. The summed E-state index contributed by atoms with van der Waals surface area (Å²) in [6.45, 7) is 4.51. The molecule has 0 bridgehead atoms. The summed E-state index contributed by atoms with van der Waals surface area (Å²) in [7, 11) is 0. The molecule has 0 fully saturated rings. The zero-order valence-corrected chi connectivity index (χ0v) is 14.6. The van der Waals surface area contributed by atoms with Crippen molar-refractivity contribution in [2.24, 2.45) is 5.73 Å². The van der Waals surface area contributed by atoms with E-state index in [1.165, 1.54) is 22.9 Å². The number of benzene rings is 2. The van der Waals surface area contributed by atoms with E-state index in [1.807, 2.05) is 41.3 Å². The highest BCUT2D eigenvalue weighted by Gasteiger charge is 2.28. The molecule has 0 spiro atoms. The fraction of sp³-hybridized carbons (Fsp3) is 0.263. The van der Waals surface area contributed by atoms with Crippen LogP contribution in [0, 0.1) is 6.92 Å². The molecule has 5 heteroatoms. The minimum atomic E-state index is -0.385. The number of hydrogen-bond acceptors (Lipinski definition) is 3. The van der Waals surface area contributed by atoms with E-state index >= 15 is 0 Å². The van der Waals surface area contributed by atoms with Crippen molar-refractivity contribution in [3.63, 3.8) is 0 Å². The maximum absolute atomic E-state index is 13.1. The van der Waals surface area contributed by atoms with Gasteiger partial charge < -0.3 is 10.6 Å². The lowest BCUT2D eigenvalue weighted by atomic mass is 10.1. The van der Waals surface area contributed by atoms with Crippen molar-refractivity contribution >= 4 is 29.3 Å². The Balaban J connectivity index is 1.93. The van der Waals surface area contributed by atoms with Crippen LogP contribution in [-0.4, -0.2) is 23.6 Å². The van der Waals surface area contributed by atoms with Crippen LogP contribution in [0.25, 0.3) is 0 Å². The molecule has 124 valence electrons. The van der Waals surface area contributed by atoms with E-state index in [-0.39, 0.29) is 17.1 Å². The molecule has 2 N–H and O–H groups in total. The van der Waals surface area contributed by atoms with Crippen molar-refractivity contribution in [2.75, 3.05) is 11.4 Å². The number of anilines is 1. The zero-order valence-electron chi connectivity index (χ0n) is 13.8. The van der Waals surface area contributed by atoms with Gasteiger partial charge in [-0.1, -0.05) is 24.3 Å². The molecule has 0 unspecified atom stereocenters. The number of nitrogens with two attached hydrogens (primary N) is 1. The van der Waals surface area contributed by atoms with Crippen LogP contribution >= 0.6 is 11.8 Å².